The minimum atomic E-state index is 0.465. The molecule has 108 valence electrons. The lowest BCUT2D eigenvalue weighted by molar-refractivity contribution is 0.303. The topological polar surface area (TPSA) is 45.9 Å². The van der Waals surface area contributed by atoms with Crippen molar-refractivity contribution in [1.29, 1.82) is 5.26 Å². The zero-order chi connectivity index (χ0) is 14.8. The van der Waals surface area contributed by atoms with Gasteiger partial charge >= 0.3 is 0 Å². The predicted octanol–water partition coefficient (Wildman–Crippen LogP) is 4.28. The van der Waals surface area contributed by atoms with Crippen LogP contribution in [0, 0.1) is 25.2 Å². The fraction of sp³-hybridized carbons (Fsp3) is 0.412. The second-order valence-electron chi connectivity index (χ2n) is 5.58. The molecule has 0 N–H and O–H groups in total. The summed E-state index contributed by atoms with van der Waals surface area (Å²) < 4.78 is 5.89. The third-order valence-corrected chi connectivity index (χ3v) is 4.70. The molecule has 2 aromatic rings. The summed E-state index contributed by atoms with van der Waals surface area (Å²) in [7, 11) is 0. The van der Waals surface area contributed by atoms with Crippen LogP contribution in [-0.2, 0) is 13.0 Å². The molecular formula is C17H18N2OS. The molecular weight excluding hydrogens is 280 g/mol. The van der Waals surface area contributed by atoms with Gasteiger partial charge in [-0.05, 0) is 38.3 Å². The lowest BCUT2D eigenvalue weighted by atomic mass is 10.1. The van der Waals surface area contributed by atoms with Crippen LogP contribution in [0.5, 0.6) is 5.75 Å². The van der Waals surface area contributed by atoms with Gasteiger partial charge < -0.3 is 4.74 Å². The summed E-state index contributed by atoms with van der Waals surface area (Å²) in [5.74, 6) is 1.49. The SMILES string of the molecule is Cc1ccc(OCc2nc(C3CC3)c(CC#N)s2)c(C)c1. The lowest BCUT2D eigenvalue weighted by Gasteiger charge is -2.08. The number of benzene rings is 1. The van der Waals surface area contributed by atoms with E-state index < -0.39 is 0 Å². The molecule has 3 nitrogen and oxygen atoms in total. The third-order valence-electron chi connectivity index (χ3n) is 3.66. The molecule has 1 aromatic heterocycles. The van der Waals surface area contributed by atoms with Crippen LogP contribution in [0.15, 0.2) is 18.2 Å². The largest absolute Gasteiger partial charge is 0.486 e. The fourth-order valence-electron chi connectivity index (χ4n) is 2.45. The predicted molar refractivity (Wildman–Crippen MR) is 83.7 cm³/mol. The van der Waals surface area contributed by atoms with E-state index in [0.717, 1.165) is 26.9 Å². The van der Waals surface area contributed by atoms with Gasteiger partial charge in [0.1, 0.15) is 17.4 Å². The van der Waals surface area contributed by atoms with E-state index >= 15 is 0 Å². The highest BCUT2D eigenvalue weighted by Gasteiger charge is 2.29. The first-order valence-corrected chi connectivity index (χ1v) is 8.04. The Balaban J connectivity index is 1.73. The highest BCUT2D eigenvalue weighted by atomic mass is 32.1. The number of rotatable bonds is 5. The quantitative estimate of drug-likeness (QED) is 0.827. The van der Waals surface area contributed by atoms with Crippen LogP contribution < -0.4 is 4.74 Å². The Morgan fingerprint density at radius 3 is 2.86 bits per heavy atom. The molecule has 0 amide bonds. The molecule has 1 saturated carbocycles. The Hall–Kier alpha value is -1.86. The Kier molecular flexibility index (Phi) is 3.94. The molecule has 1 aliphatic rings. The number of hydrogen-bond donors (Lipinski definition) is 0. The normalized spacial score (nSPS) is 14.0. The standard InChI is InChI=1S/C17H18N2OS/c1-11-3-6-14(12(2)9-11)20-10-16-19-17(13-4-5-13)15(21-16)7-8-18/h3,6,9,13H,4-5,7,10H2,1-2H3. The highest BCUT2D eigenvalue weighted by molar-refractivity contribution is 7.11. The van der Waals surface area contributed by atoms with Gasteiger partial charge in [0, 0.05) is 10.8 Å². The molecule has 21 heavy (non-hydrogen) atoms. The van der Waals surface area contributed by atoms with E-state index in [1.54, 1.807) is 11.3 Å². The number of thiazole rings is 1. The van der Waals surface area contributed by atoms with E-state index in [9.17, 15) is 0 Å². The molecule has 0 unspecified atom stereocenters. The highest BCUT2D eigenvalue weighted by Crippen LogP contribution is 2.42. The average molecular weight is 298 g/mol. The molecule has 0 bridgehead atoms. The van der Waals surface area contributed by atoms with Gasteiger partial charge in [-0.2, -0.15) is 5.26 Å². The summed E-state index contributed by atoms with van der Waals surface area (Å²) in [5.41, 5.74) is 3.52. The van der Waals surface area contributed by atoms with Crippen LogP contribution in [0.1, 0.15) is 45.5 Å². The maximum Gasteiger partial charge on any atom is 0.140 e. The van der Waals surface area contributed by atoms with E-state index in [2.05, 4.69) is 32.0 Å². The summed E-state index contributed by atoms with van der Waals surface area (Å²) in [6.45, 7) is 4.62. The summed E-state index contributed by atoms with van der Waals surface area (Å²) in [4.78, 5) is 5.82. The van der Waals surface area contributed by atoms with Crippen molar-refractivity contribution in [2.24, 2.45) is 0 Å². The van der Waals surface area contributed by atoms with Gasteiger partial charge in [-0.25, -0.2) is 4.98 Å². The number of aromatic nitrogens is 1. The first-order valence-electron chi connectivity index (χ1n) is 7.23. The second-order valence-corrected chi connectivity index (χ2v) is 6.75. The van der Waals surface area contributed by atoms with Crippen LogP contribution >= 0.6 is 11.3 Å². The van der Waals surface area contributed by atoms with E-state index in [1.807, 2.05) is 6.07 Å². The van der Waals surface area contributed by atoms with Crippen molar-refractivity contribution in [3.63, 3.8) is 0 Å². The molecule has 4 heteroatoms. The molecule has 0 radical (unpaired) electrons. The van der Waals surface area contributed by atoms with Gasteiger partial charge in [0.25, 0.3) is 0 Å². The minimum absolute atomic E-state index is 0.465. The number of nitriles is 1. The van der Waals surface area contributed by atoms with Gasteiger partial charge in [-0.15, -0.1) is 11.3 Å². The zero-order valence-corrected chi connectivity index (χ0v) is 13.2. The van der Waals surface area contributed by atoms with Gasteiger partial charge in [0.05, 0.1) is 18.2 Å². The van der Waals surface area contributed by atoms with Gasteiger partial charge in [-0.3, -0.25) is 0 Å². The molecule has 0 spiro atoms. The number of hydrogen-bond acceptors (Lipinski definition) is 4. The monoisotopic (exact) mass is 298 g/mol. The summed E-state index contributed by atoms with van der Waals surface area (Å²) >= 11 is 1.62. The van der Waals surface area contributed by atoms with E-state index in [4.69, 9.17) is 15.0 Å². The number of ether oxygens (including phenoxy) is 1. The molecule has 0 aliphatic heterocycles. The van der Waals surface area contributed by atoms with E-state index in [0.29, 0.717) is 18.9 Å². The zero-order valence-electron chi connectivity index (χ0n) is 12.3. The summed E-state index contributed by atoms with van der Waals surface area (Å²) in [6.07, 6.45) is 2.88. The molecule has 1 aromatic carbocycles. The van der Waals surface area contributed by atoms with Gasteiger partial charge in [-0.1, -0.05) is 17.7 Å². The average Bonchev–Trinajstić information content (AvgIpc) is 3.21. The first-order chi connectivity index (χ1) is 10.2. The summed E-state index contributed by atoms with van der Waals surface area (Å²) in [6, 6.07) is 8.42. The van der Waals surface area contributed by atoms with Crippen molar-refractivity contribution in [3.05, 3.63) is 44.9 Å². The van der Waals surface area contributed by atoms with Crippen molar-refractivity contribution in [3.8, 4) is 11.8 Å². The van der Waals surface area contributed by atoms with Crippen molar-refractivity contribution >= 4 is 11.3 Å². The maximum absolute atomic E-state index is 8.92. The molecule has 1 heterocycles. The van der Waals surface area contributed by atoms with Crippen molar-refractivity contribution < 1.29 is 4.74 Å². The van der Waals surface area contributed by atoms with Crippen LogP contribution in [0.2, 0.25) is 0 Å². The molecule has 1 fully saturated rings. The Bertz CT molecular complexity index is 695. The molecule has 0 saturated heterocycles. The van der Waals surface area contributed by atoms with Crippen molar-refractivity contribution in [2.75, 3.05) is 0 Å². The fourth-order valence-corrected chi connectivity index (χ4v) is 3.45. The van der Waals surface area contributed by atoms with Crippen LogP contribution in [0.25, 0.3) is 0 Å². The Labute approximate surface area is 129 Å². The minimum Gasteiger partial charge on any atom is -0.486 e. The Morgan fingerprint density at radius 2 is 2.19 bits per heavy atom. The van der Waals surface area contributed by atoms with E-state index in [-0.39, 0.29) is 0 Å². The molecule has 0 atom stereocenters. The Morgan fingerprint density at radius 1 is 1.38 bits per heavy atom. The van der Waals surface area contributed by atoms with Crippen LogP contribution in [0.4, 0.5) is 0 Å². The summed E-state index contributed by atoms with van der Waals surface area (Å²) in [5, 5.41) is 9.90. The van der Waals surface area contributed by atoms with Gasteiger partial charge in [0.15, 0.2) is 0 Å². The first kappa shape index (κ1) is 14.1. The second kappa shape index (κ2) is 5.87. The maximum atomic E-state index is 8.92. The van der Waals surface area contributed by atoms with Gasteiger partial charge in [0.2, 0.25) is 0 Å². The number of aryl methyl sites for hydroxylation is 2. The molecule has 1 aliphatic carbocycles. The smallest absolute Gasteiger partial charge is 0.140 e. The van der Waals surface area contributed by atoms with E-state index in [1.165, 1.54) is 18.4 Å². The van der Waals surface area contributed by atoms with Crippen molar-refractivity contribution in [2.45, 2.75) is 45.6 Å². The molecule has 3 rings (SSSR count). The van der Waals surface area contributed by atoms with Crippen molar-refractivity contribution in [1.82, 2.24) is 4.98 Å². The third kappa shape index (κ3) is 3.25. The number of nitrogens with zero attached hydrogens (tertiary/aromatic N) is 2. The lowest BCUT2D eigenvalue weighted by Crippen LogP contribution is -1.97. The van der Waals surface area contributed by atoms with Crippen LogP contribution in [0.3, 0.4) is 0 Å². The van der Waals surface area contributed by atoms with Crippen LogP contribution in [-0.4, -0.2) is 4.98 Å².